The molecule has 0 aromatic carbocycles. The predicted molar refractivity (Wildman–Crippen MR) is 87.5 cm³/mol. The number of H-pyrrole nitrogens is 3. The van der Waals surface area contributed by atoms with Crippen molar-refractivity contribution in [3.8, 4) is 5.88 Å². The van der Waals surface area contributed by atoms with Crippen molar-refractivity contribution in [2.75, 3.05) is 0 Å². The Labute approximate surface area is 134 Å². The Hall–Kier alpha value is -2.75. The van der Waals surface area contributed by atoms with Gasteiger partial charge in [-0.05, 0) is 33.0 Å². The van der Waals surface area contributed by atoms with Gasteiger partial charge in [-0.25, -0.2) is 9.79 Å². The Balaban J connectivity index is 2.63. The van der Waals surface area contributed by atoms with Crippen molar-refractivity contribution in [2.24, 2.45) is 4.99 Å². The van der Waals surface area contributed by atoms with Gasteiger partial charge in [-0.15, -0.1) is 0 Å². The molecule has 0 fully saturated rings. The molecule has 2 heterocycles. The summed E-state index contributed by atoms with van der Waals surface area (Å²) < 4.78 is 1.43. The highest BCUT2D eigenvalue weighted by Crippen LogP contribution is 2.22. The third-order valence-corrected chi connectivity index (χ3v) is 3.21. The standard InChI is InChI=1S/C13H15N5O4S/c1-13(2,3)18-10(21)6(8(19)17-12(18)23)4-14-7-5-15-11(22)16-9(7)20/h4-5,21H,1-3H3,(H,17,19,23)(H2,15,16,20,22). The first-order valence-corrected chi connectivity index (χ1v) is 6.97. The molecule has 2 rings (SSSR count). The number of hydrogen-bond donors (Lipinski definition) is 4. The average Bonchev–Trinajstić information content (AvgIpc) is 2.38. The third-order valence-electron chi connectivity index (χ3n) is 2.92. The number of aromatic amines is 3. The highest BCUT2D eigenvalue weighted by molar-refractivity contribution is 7.71. The van der Waals surface area contributed by atoms with Crippen LogP contribution in [0.3, 0.4) is 0 Å². The summed E-state index contributed by atoms with van der Waals surface area (Å²) in [6.07, 6.45) is 2.14. The fraction of sp³-hybridized carbons (Fsp3) is 0.308. The van der Waals surface area contributed by atoms with E-state index in [4.69, 9.17) is 12.2 Å². The van der Waals surface area contributed by atoms with Crippen LogP contribution in [0.15, 0.2) is 25.6 Å². The molecule has 0 aliphatic heterocycles. The van der Waals surface area contributed by atoms with Crippen LogP contribution in [-0.4, -0.2) is 30.8 Å². The van der Waals surface area contributed by atoms with Crippen LogP contribution in [0.1, 0.15) is 26.3 Å². The predicted octanol–water partition coefficient (Wildman–Crippen LogP) is 0.494. The van der Waals surface area contributed by atoms with Gasteiger partial charge in [0.2, 0.25) is 5.88 Å². The van der Waals surface area contributed by atoms with Crippen molar-refractivity contribution in [1.82, 2.24) is 19.5 Å². The third kappa shape index (κ3) is 3.37. The Bertz CT molecular complexity index is 1000. The van der Waals surface area contributed by atoms with Crippen LogP contribution < -0.4 is 16.8 Å². The van der Waals surface area contributed by atoms with Gasteiger partial charge in [-0.1, -0.05) is 0 Å². The number of aromatic hydroxyl groups is 1. The molecule has 4 N–H and O–H groups in total. The monoisotopic (exact) mass is 337 g/mol. The van der Waals surface area contributed by atoms with Crippen LogP contribution in [0.25, 0.3) is 0 Å². The van der Waals surface area contributed by atoms with Crippen molar-refractivity contribution in [1.29, 1.82) is 0 Å². The van der Waals surface area contributed by atoms with E-state index in [1.165, 1.54) is 4.57 Å². The first-order valence-electron chi connectivity index (χ1n) is 6.56. The van der Waals surface area contributed by atoms with Crippen molar-refractivity contribution in [2.45, 2.75) is 26.3 Å². The second kappa shape index (κ2) is 5.80. The van der Waals surface area contributed by atoms with Gasteiger partial charge in [0.15, 0.2) is 4.77 Å². The van der Waals surface area contributed by atoms with Gasteiger partial charge in [0.1, 0.15) is 11.3 Å². The number of nitrogens with zero attached hydrogens (tertiary/aromatic N) is 2. The quantitative estimate of drug-likeness (QED) is 0.467. The molecular formula is C13H15N5O4S. The van der Waals surface area contributed by atoms with Gasteiger partial charge in [0.25, 0.3) is 11.1 Å². The topological polar surface area (TPSA) is 136 Å². The fourth-order valence-corrected chi connectivity index (χ4v) is 2.36. The molecule has 0 amide bonds. The van der Waals surface area contributed by atoms with Gasteiger partial charge >= 0.3 is 5.69 Å². The zero-order chi connectivity index (χ0) is 17.4. The highest BCUT2D eigenvalue weighted by atomic mass is 32.1. The lowest BCUT2D eigenvalue weighted by Crippen LogP contribution is -2.28. The van der Waals surface area contributed by atoms with Gasteiger partial charge in [0.05, 0.1) is 0 Å². The summed E-state index contributed by atoms with van der Waals surface area (Å²) in [5, 5.41) is 10.3. The summed E-state index contributed by atoms with van der Waals surface area (Å²) >= 11 is 5.06. The van der Waals surface area contributed by atoms with E-state index in [2.05, 4.69) is 15.0 Å². The largest absolute Gasteiger partial charge is 0.494 e. The number of rotatable bonds is 2. The van der Waals surface area contributed by atoms with Crippen LogP contribution in [0, 0.1) is 4.77 Å². The number of aliphatic imine (C=N–C) groups is 1. The summed E-state index contributed by atoms with van der Waals surface area (Å²) in [5.74, 6) is -0.365. The van der Waals surface area contributed by atoms with Gasteiger partial charge in [-0.2, -0.15) is 0 Å². The normalized spacial score (nSPS) is 12.0. The van der Waals surface area contributed by atoms with Crippen molar-refractivity contribution < 1.29 is 5.11 Å². The summed E-state index contributed by atoms with van der Waals surface area (Å²) in [6, 6.07) is 0. The maximum atomic E-state index is 12.0. The van der Waals surface area contributed by atoms with Crippen LogP contribution >= 0.6 is 12.2 Å². The SMILES string of the molecule is CC(C)(C)n1c(O)c(C=Nc2c[nH]c(=O)[nH]c2=O)c(=O)[nH]c1=S. The molecule has 2 aromatic rings. The van der Waals surface area contributed by atoms with Crippen LogP contribution in [0.2, 0.25) is 0 Å². The Morgan fingerprint density at radius 2 is 1.87 bits per heavy atom. The van der Waals surface area contributed by atoms with E-state index in [0.29, 0.717) is 0 Å². The highest BCUT2D eigenvalue weighted by Gasteiger charge is 2.20. The molecule has 9 nitrogen and oxygen atoms in total. The Morgan fingerprint density at radius 3 is 2.43 bits per heavy atom. The van der Waals surface area contributed by atoms with Crippen LogP contribution in [0.5, 0.6) is 5.88 Å². The lowest BCUT2D eigenvalue weighted by Gasteiger charge is -2.24. The Morgan fingerprint density at radius 1 is 1.22 bits per heavy atom. The zero-order valence-electron chi connectivity index (χ0n) is 12.6. The molecule has 23 heavy (non-hydrogen) atoms. The summed E-state index contributed by atoms with van der Waals surface area (Å²) in [4.78, 5) is 45.0. The number of nitrogens with one attached hydrogen (secondary N) is 3. The van der Waals surface area contributed by atoms with E-state index in [1.54, 1.807) is 20.8 Å². The molecule has 0 radical (unpaired) electrons. The summed E-state index contributed by atoms with van der Waals surface area (Å²) in [5.41, 5.74) is -2.88. The van der Waals surface area contributed by atoms with E-state index in [-0.39, 0.29) is 21.9 Å². The smallest absolute Gasteiger partial charge is 0.325 e. The van der Waals surface area contributed by atoms with Gasteiger partial charge in [0, 0.05) is 18.0 Å². The van der Waals surface area contributed by atoms with Crippen molar-refractivity contribution in [3.05, 3.63) is 47.7 Å². The second-order valence-corrected chi connectivity index (χ2v) is 6.10. The van der Waals surface area contributed by atoms with Crippen molar-refractivity contribution in [3.63, 3.8) is 0 Å². The molecular weight excluding hydrogens is 322 g/mol. The second-order valence-electron chi connectivity index (χ2n) is 5.72. The molecule has 0 aliphatic rings. The summed E-state index contributed by atoms with van der Waals surface area (Å²) in [6.45, 7) is 5.40. The lowest BCUT2D eigenvalue weighted by atomic mass is 10.1. The molecule has 0 aliphatic carbocycles. The van der Waals surface area contributed by atoms with E-state index >= 15 is 0 Å². The minimum atomic E-state index is -0.718. The number of aromatic nitrogens is 4. The van der Waals surface area contributed by atoms with Gasteiger partial charge < -0.3 is 10.1 Å². The molecule has 0 unspecified atom stereocenters. The van der Waals surface area contributed by atoms with E-state index < -0.39 is 22.3 Å². The number of hydrogen-bond acceptors (Lipinski definition) is 6. The molecule has 2 aromatic heterocycles. The van der Waals surface area contributed by atoms with E-state index in [1.807, 2.05) is 4.98 Å². The summed E-state index contributed by atoms with van der Waals surface area (Å²) in [7, 11) is 0. The molecule has 0 saturated heterocycles. The first kappa shape index (κ1) is 16.6. The molecule has 0 spiro atoms. The van der Waals surface area contributed by atoms with Gasteiger partial charge in [-0.3, -0.25) is 24.1 Å². The molecule has 10 heteroatoms. The first-order chi connectivity index (χ1) is 10.6. The van der Waals surface area contributed by atoms with E-state index in [9.17, 15) is 19.5 Å². The minimum Gasteiger partial charge on any atom is -0.494 e. The van der Waals surface area contributed by atoms with E-state index in [0.717, 1.165) is 12.4 Å². The minimum absolute atomic E-state index is 0.0686. The van der Waals surface area contributed by atoms with Crippen LogP contribution in [0.4, 0.5) is 5.69 Å². The van der Waals surface area contributed by atoms with Crippen molar-refractivity contribution >= 4 is 24.1 Å². The molecule has 0 bridgehead atoms. The maximum absolute atomic E-state index is 12.0. The Kier molecular flexibility index (Phi) is 4.19. The maximum Gasteiger partial charge on any atom is 0.325 e. The fourth-order valence-electron chi connectivity index (χ4n) is 1.91. The molecule has 122 valence electrons. The molecule has 0 saturated carbocycles. The van der Waals surface area contributed by atoms with Crippen LogP contribution in [-0.2, 0) is 5.54 Å². The zero-order valence-corrected chi connectivity index (χ0v) is 13.4. The lowest BCUT2D eigenvalue weighted by molar-refractivity contribution is 0.311. The average molecular weight is 337 g/mol. The molecule has 0 atom stereocenters.